The first-order chi connectivity index (χ1) is 17.6. The molecule has 3 heterocycles. The lowest BCUT2D eigenvalue weighted by molar-refractivity contribution is -0.113. The Balaban J connectivity index is 1.41. The zero-order valence-corrected chi connectivity index (χ0v) is 20.4. The van der Waals surface area contributed by atoms with E-state index in [-0.39, 0.29) is 11.5 Å². The number of rotatable bonds is 6. The molecule has 6 rings (SSSR count). The van der Waals surface area contributed by atoms with Gasteiger partial charge in [-0.1, -0.05) is 66.8 Å². The summed E-state index contributed by atoms with van der Waals surface area (Å²) in [6.45, 7) is 3.14. The SMILES string of the molecule is CCCOc1ccc(-c2nc3sc(=C4C(=O)N(Cc5ccccc5)c5ccccc54)c(=O)n3n2)cc1. The Bertz CT molecular complexity index is 1690. The molecule has 1 amide bonds. The van der Waals surface area contributed by atoms with Gasteiger partial charge in [-0.3, -0.25) is 9.59 Å². The van der Waals surface area contributed by atoms with Crippen LogP contribution in [0.1, 0.15) is 24.5 Å². The van der Waals surface area contributed by atoms with Gasteiger partial charge in [0.1, 0.15) is 10.3 Å². The van der Waals surface area contributed by atoms with E-state index < -0.39 is 0 Å². The van der Waals surface area contributed by atoms with Gasteiger partial charge >= 0.3 is 0 Å². The van der Waals surface area contributed by atoms with Crippen LogP contribution in [0.3, 0.4) is 0 Å². The predicted molar refractivity (Wildman–Crippen MR) is 140 cm³/mol. The van der Waals surface area contributed by atoms with E-state index in [0.29, 0.717) is 34.0 Å². The van der Waals surface area contributed by atoms with E-state index in [1.807, 2.05) is 78.9 Å². The van der Waals surface area contributed by atoms with Crippen molar-refractivity contribution in [2.24, 2.45) is 0 Å². The van der Waals surface area contributed by atoms with Crippen molar-refractivity contribution < 1.29 is 9.53 Å². The van der Waals surface area contributed by atoms with Crippen molar-refractivity contribution >= 4 is 33.5 Å². The summed E-state index contributed by atoms with van der Waals surface area (Å²) in [6, 6.07) is 24.9. The van der Waals surface area contributed by atoms with Crippen molar-refractivity contribution in [3.8, 4) is 17.1 Å². The largest absolute Gasteiger partial charge is 0.494 e. The van der Waals surface area contributed by atoms with Crippen LogP contribution in [0.4, 0.5) is 5.69 Å². The highest BCUT2D eigenvalue weighted by Gasteiger charge is 2.34. The van der Waals surface area contributed by atoms with E-state index in [4.69, 9.17) is 4.74 Å². The molecule has 0 fully saturated rings. The highest BCUT2D eigenvalue weighted by Crippen LogP contribution is 2.36. The number of carbonyl (C=O) groups excluding carboxylic acids is 1. The van der Waals surface area contributed by atoms with Gasteiger partial charge in [0.15, 0.2) is 5.82 Å². The normalized spacial score (nSPS) is 14.5. The molecule has 0 atom stereocenters. The zero-order chi connectivity index (χ0) is 24.6. The van der Waals surface area contributed by atoms with Crippen LogP contribution < -0.4 is 19.7 Å². The fourth-order valence-corrected chi connectivity index (χ4v) is 5.35. The number of hydrogen-bond acceptors (Lipinski definition) is 6. The Labute approximate surface area is 210 Å². The molecule has 8 heteroatoms. The molecule has 0 radical (unpaired) electrons. The van der Waals surface area contributed by atoms with Crippen molar-refractivity contribution in [1.29, 1.82) is 0 Å². The number of fused-ring (bicyclic) bond motifs is 2. The first kappa shape index (κ1) is 22.2. The molecule has 0 saturated heterocycles. The molecule has 1 aliphatic heterocycles. The van der Waals surface area contributed by atoms with Crippen molar-refractivity contribution in [2.45, 2.75) is 19.9 Å². The summed E-state index contributed by atoms with van der Waals surface area (Å²) in [5.41, 5.74) is 3.43. The molecule has 0 spiro atoms. The number of carbonyl (C=O) groups is 1. The molecule has 7 nitrogen and oxygen atoms in total. The average Bonchev–Trinajstić information content (AvgIpc) is 3.55. The van der Waals surface area contributed by atoms with Crippen molar-refractivity contribution in [1.82, 2.24) is 14.6 Å². The maximum atomic E-state index is 13.6. The zero-order valence-electron chi connectivity index (χ0n) is 19.5. The Kier molecular flexibility index (Phi) is 5.58. The van der Waals surface area contributed by atoms with Crippen LogP contribution >= 0.6 is 11.3 Å². The van der Waals surface area contributed by atoms with Gasteiger partial charge in [-0.2, -0.15) is 9.50 Å². The number of aromatic nitrogens is 3. The van der Waals surface area contributed by atoms with Gasteiger partial charge in [0.05, 0.1) is 24.4 Å². The highest BCUT2D eigenvalue weighted by molar-refractivity contribution is 7.15. The molecular formula is C28H22N4O3S. The van der Waals surface area contributed by atoms with Crippen molar-refractivity contribution in [3.63, 3.8) is 0 Å². The Hall–Kier alpha value is -4.30. The smallest absolute Gasteiger partial charge is 0.291 e. The number of para-hydroxylation sites is 1. The van der Waals surface area contributed by atoms with Gasteiger partial charge in [-0.05, 0) is 42.3 Å². The minimum Gasteiger partial charge on any atom is -0.494 e. The van der Waals surface area contributed by atoms with E-state index in [2.05, 4.69) is 17.0 Å². The number of nitrogens with zero attached hydrogens (tertiary/aromatic N) is 4. The molecule has 0 saturated carbocycles. The Morgan fingerprint density at radius 2 is 1.67 bits per heavy atom. The summed E-state index contributed by atoms with van der Waals surface area (Å²) in [5.74, 6) is 1.05. The lowest BCUT2D eigenvalue weighted by atomic mass is 10.1. The maximum absolute atomic E-state index is 13.6. The summed E-state index contributed by atoms with van der Waals surface area (Å²) in [7, 11) is 0. The van der Waals surface area contributed by atoms with Gasteiger partial charge in [-0.15, -0.1) is 5.10 Å². The lowest BCUT2D eigenvalue weighted by Gasteiger charge is -2.17. The van der Waals surface area contributed by atoms with Gasteiger partial charge in [0.2, 0.25) is 4.96 Å². The van der Waals surface area contributed by atoms with Crippen LogP contribution in [0.5, 0.6) is 5.75 Å². The van der Waals surface area contributed by atoms with Gasteiger partial charge in [-0.25, -0.2) is 0 Å². The Morgan fingerprint density at radius 1 is 0.917 bits per heavy atom. The number of benzene rings is 3. The van der Waals surface area contributed by atoms with E-state index in [0.717, 1.165) is 34.5 Å². The van der Waals surface area contributed by atoms with Gasteiger partial charge in [0.25, 0.3) is 11.5 Å². The van der Waals surface area contributed by atoms with Crippen molar-refractivity contribution in [3.05, 3.63) is 105 Å². The number of thiazole rings is 1. The third-order valence-corrected chi connectivity index (χ3v) is 7.11. The number of hydrogen-bond donors (Lipinski definition) is 0. The first-order valence-corrected chi connectivity index (χ1v) is 12.6. The van der Waals surface area contributed by atoms with Crippen molar-refractivity contribution in [2.75, 3.05) is 11.5 Å². The van der Waals surface area contributed by atoms with Crippen LogP contribution in [0.15, 0.2) is 83.7 Å². The minimum atomic E-state index is -0.337. The second kappa shape index (κ2) is 9.05. The summed E-state index contributed by atoms with van der Waals surface area (Å²) in [6.07, 6.45) is 0.936. The summed E-state index contributed by atoms with van der Waals surface area (Å²) in [5, 5.41) is 4.46. The van der Waals surface area contributed by atoms with Crippen LogP contribution in [0.2, 0.25) is 0 Å². The molecule has 2 aromatic heterocycles. The minimum absolute atomic E-state index is 0.190. The molecule has 0 bridgehead atoms. The first-order valence-electron chi connectivity index (χ1n) is 11.8. The van der Waals surface area contributed by atoms with Crippen LogP contribution in [-0.4, -0.2) is 27.1 Å². The molecule has 0 N–H and O–H groups in total. The summed E-state index contributed by atoms with van der Waals surface area (Å²) < 4.78 is 7.28. The summed E-state index contributed by atoms with van der Waals surface area (Å²) >= 11 is 1.19. The van der Waals surface area contributed by atoms with E-state index in [1.165, 1.54) is 15.9 Å². The van der Waals surface area contributed by atoms with Crippen LogP contribution in [-0.2, 0) is 11.3 Å². The number of anilines is 1. The molecule has 178 valence electrons. The molecular weight excluding hydrogens is 472 g/mol. The monoisotopic (exact) mass is 494 g/mol. The number of amides is 1. The van der Waals surface area contributed by atoms with Gasteiger partial charge in [0, 0.05) is 11.1 Å². The van der Waals surface area contributed by atoms with E-state index in [1.54, 1.807) is 4.90 Å². The molecule has 1 aliphatic rings. The second-order valence-electron chi connectivity index (χ2n) is 8.51. The number of ether oxygens (including phenoxy) is 1. The predicted octanol–water partition coefficient (Wildman–Crippen LogP) is 4.07. The quantitative estimate of drug-likeness (QED) is 0.356. The fourth-order valence-electron chi connectivity index (χ4n) is 4.35. The standard InChI is InChI=1S/C28H22N4O3S/c1-2-16-35-20-14-12-19(13-15-20)25-29-28-32(30-25)27(34)24(36-28)23-21-10-6-7-11-22(21)31(26(23)33)17-18-8-4-3-5-9-18/h3-15H,2,16-17H2,1H3. The maximum Gasteiger partial charge on any atom is 0.291 e. The molecule has 0 unspecified atom stereocenters. The second-order valence-corrected chi connectivity index (χ2v) is 9.49. The van der Waals surface area contributed by atoms with E-state index >= 15 is 0 Å². The third-order valence-electron chi connectivity index (χ3n) is 6.08. The fraction of sp³-hybridized carbons (Fsp3) is 0.143. The topological polar surface area (TPSA) is 76.8 Å². The Morgan fingerprint density at radius 3 is 2.42 bits per heavy atom. The third kappa shape index (κ3) is 3.76. The van der Waals surface area contributed by atoms with E-state index in [9.17, 15) is 9.59 Å². The average molecular weight is 495 g/mol. The molecule has 3 aromatic carbocycles. The van der Waals surface area contributed by atoms with Crippen LogP contribution in [0.25, 0.3) is 21.9 Å². The molecule has 0 aliphatic carbocycles. The summed E-state index contributed by atoms with van der Waals surface area (Å²) in [4.78, 5) is 33.8. The molecule has 36 heavy (non-hydrogen) atoms. The highest BCUT2D eigenvalue weighted by atomic mass is 32.1. The molecule has 5 aromatic rings. The lowest BCUT2D eigenvalue weighted by Crippen LogP contribution is -2.32. The van der Waals surface area contributed by atoms with Gasteiger partial charge < -0.3 is 9.64 Å². The van der Waals surface area contributed by atoms with Crippen LogP contribution in [0, 0.1) is 0 Å².